The van der Waals surface area contributed by atoms with E-state index in [1.54, 1.807) is 12.1 Å². The summed E-state index contributed by atoms with van der Waals surface area (Å²) in [5.41, 5.74) is 1.86. The number of halogens is 3. The highest BCUT2D eigenvalue weighted by atomic mass is 79.9. The Bertz CT molecular complexity index is 619. The molecular formula is C15H14BrClFNO. The van der Waals surface area contributed by atoms with Crippen LogP contribution in [0.2, 0.25) is 0 Å². The van der Waals surface area contributed by atoms with Crippen molar-refractivity contribution in [1.82, 2.24) is 4.98 Å². The lowest BCUT2D eigenvalue weighted by atomic mass is 10.1. The van der Waals surface area contributed by atoms with Crippen molar-refractivity contribution < 1.29 is 9.13 Å². The van der Waals surface area contributed by atoms with Crippen molar-refractivity contribution in [2.45, 2.75) is 25.6 Å². The van der Waals surface area contributed by atoms with Crippen LogP contribution in [-0.2, 0) is 5.88 Å². The van der Waals surface area contributed by atoms with E-state index in [1.165, 1.54) is 12.1 Å². The molecular weight excluding hydrogens is 345 g/mol. The first-order valence-corrected chi connectivity index (χ1v) is 7.52. The standard InChI is InChI=1S/C15H14BrClFNO/c1-9(2)13-5-10(8-17)6-15(19-13)20-14-4-3-11(18)7-12(14)16/h3-7,9H,8H2,1-2H3. The van der Waals surface area contributed by atoms with E-state index in [0.29, 0.717) is 22.0 Å². The molecule has 0 aliphatic carbocycles. The van der Waals surface area contributed by atoms with Gasteiger partial charge in [-0.2, -0.15) is 0 Å². The first kappa shape index (κ1) is 15.3. The molecule has 2 aromatic rings. The van der Waals surface area contributed by atoms with Gasteiger partial charge in [0.25, 0.3) is 0 Å². The van der Waals surface area contributed by atoms with Gasteiger partial charge in [0.15, 0.2) is 0 Å². The Morgan fingerprint density at radius 2 is 2.05 bits per heavy atom. The van der Waals surface area contributed by atoms with Gasteiger partial charge < -0.3 is 4.74 Å². The van der Waals surface area contributed by atoms with Gasteiger partial charge in [-0.05, 0) is 51.7 Å². The predicted molar refractivity (Wildman–Crippen MR) is 82.1 cm³/mol. The molecule has 0 atom stereocenters. The van der Waals surface area contributed by atoms with Crippen molar-refractivity contribution in [3.63, 3.8) is 0 Å². The van der Waals surface area contributed by atoms with Gasteiger partial charge in [0, 0.05) is 17.6 Å². The number of benzene rings is 1. The molecule has 0 radical (unpaired) electrons. The number of aromatic nitrogens is 1. The zero-order valence-electron chi connectivity index (χ0n) is 11.2. The summed E-state index contributed by atoms with van der Waals surface area (Å²) in [7, 11) is 0. The molecule has 0 spiro atoms. The first-order chi connectivity index (χ1) is 9.49. The van der Waals surface area contributed by atoms with E-state index in [1.807, 2.05) is 6.07 Å². The molecule has 2 rings (SSSR count). The fourth-order valence-electron chi connectivity index (χ4n) is 1.68. The molecule has 2 nitrogen and oxygen atoms in total. The SMILES string of the molecule is CC(C)c1cc(CCl)cc(Oc2ccc(F)cc2Br)n1. The second kappa shape index (κ2) is 6.55. The van der Waals surface area contributed by atoms with Crippen LogP contribution in [0.3, 0.4) is 0 Å². The van der Waals surface area contributed by atoms with E-state index >= 15 is 0 Å². The van der Waals surface area contributed by atoms with Gasteiger partial charge in [0.05, 0.1) is 4.47 Å². The first-order valence-electron chi connectivity index (χ1n) is 6.19. The van der Waals surface area contributed by atoms with Crippen LogP contribution < -0.4 is 4.74 Å². The number of nitrogens with zero attached hydrogens (tertiary/aromatic N) is 1. The normalized spacial score (nSPS) is 10.9. The van der Waals surface area contributed by atoms with Gasteiger partial charge in [0.1, 0.15) is 11.6 Å². The van der Waals surface area contributed by atoms with E-state index in [-0.39, 0.29) is 11.7 Å². The maximum atomic E-state index is 13.1. The predicted octanol–water partition coefficient (Wildman–Crippen LogP) is 5.64. The molecule has 0 unspecified atom stereocenters. The molecule has 1 heterocycles. The summed E-state index contributed by atoms with van der Waals surface area (Å²) >= 11 is 9.16. The molecule has 106 valence electrons. The topological polar surface area (TPSA) is 22.1 Å². The van der Waals surface area contributed by atoms with E-state index in [9.17, 15) is 4.39 Å². The van der Waals surface area contributed by atoms with Gasteiger partial charge in [-0.15, -0.1) is 11.6 Å². The molecule has 0 amide bonds. The van der Waals surface area contributed by atoms with Gasteiger partial charge >= 0.3 is 0 Å². The molecule has 0 saturated heterocycles. The Morgan fingerprint density at radius 1 is 1.30 bits per heavy atom. The Hall–Kier alpha value is -1.13. The molecule has 0 aliphatic rings. The van der Waals surface area contributed by atoms with E-state index in [2.05, 4.69) is 34.8 Å². The molecule has 0 bridgehead atoms. The summed E-state index contributed by atoms with van der Waals surface area (Å²) in [6.07, 6.45) is 0. The summed E-state index contributed by atoms with van der Waals surface area (Å²) in [6, 6.07) is 8.00. The molecule has 5 heteroatoms. The third-order valence-electron chi connectivity index (χ3n) is 2.74. The second-order valence-electron chi connectivity index (χ2n) is 4.70. The van der Waals surface area contributed by atoms with Gasteiger partial charge in [-0.3, -0.25) is 0 Å². The van der Waals surface area contributed by atoms with Crippen LogP contribution in [0.15, 0.2) is 34.8 Å². The lowest BCUT2D eigenvalue weighted by molar-refractivity contribution is 0.454. The maximum absolute atomic E-state index is 13.1. The number of ether oxygens (including phenoxy) is 1. The van der Waals surface area contributed by atoms with Crippen LogP contribution in [-0.4, -0.2) is 4.98 Å². The van der Waals surface area contributed by atoms with Crippen LogP contribution in [0.5, 0.6) is 11.6 Å². The minimum Gasteiger partial charge on any atom is -0.438 e. The van der Waals surface area contributed by atoms with E-state index in [4.69, 9.17) is 16.3 Å². The van der Waals surface area contributed by atoms with Crippen molar-refractivity contribution >= 4 is 27.5 Å². The summed E-state index contributed by atoms with van der Waals surface area (Å²) in [5, 5.41) is 0. The lowest BCUT2D eigenvalue weighted by Gasteiger charge is -2.11. The minimum absolute atomic E-state index is 0.275. The fraction of sp³-hybridized carbons (Fsp3) is 0.267. The Morgan fingerprint density at radius 3 is 2.65 bits per heavy atom. The largest absolute Gasteiger partial charge is 0.438 e. The number of hydrogen-bond acceptors (Lipinski definition) is 2. The Kier molecular flexibility index (Phi) is 5.00. The van der Waals surface area contributed by atoms with E-state index < -0.39 is 0 Å². The summed E-state index contributed by atoms with van der Waals surface area (Å²) in [5.74, 6) is 1.31. The highest BCUT2D eigenvalue weighted by Crippen LogP contribution is 2.30. The number of pyridine rings is 1. The van der Waals surface area contributed by atoms with Crippen molar-refractivity contribution in [3.05, 3.63) is 51.9 Å². The second-order valence-corrected chi connectivity index (χ2v) is 5.83. The average Bonchev–Trinajstić information content (AvgIpc) is 2.41. The van der Waals surface area contributed by atoms with Crippen LogP contribution >= 0.6 is 27.5 Å². The van der Waals surface area contributed by atoms with E-state index in [0.717, 1.165) is 11.3 Å². The van der Waals surface area contributed by atoms with Crippen LogP contribution in [0, 0.1) is 5.82 Å². The molecule has 0 saturated carbocycles. The highest BCUT2D eigenvalue weighted by molar-refractivity contribution is 9.10. The van der Waals surface area contributed by atoms with Crippen molar-refractivity contribution in [2.24, 2.45) is 0 Å². The maximum Gasteiger partial charge on any atom is 0.219 e. The molecule has 1 aromatic heterocycles. The highest BCUT2D eigenvalue weighted by Gasteiger charge is 2.10. The number of rotatable bonds is 4. The van der Waals surface area contributed by atoms with Crippen LogP contribution in [0.25, 0.3) is 0 Å². The number of alkyl halides is 1. The number of hydrogen-bond donors (Lipinski definition) is 0. The minimum atomic E-state index is -0.324. The zero-order chi connectivity index (χ0) is 14.7. The molecule has 0 aliphatic heterocycles. The Balaban J connectivity index is 2.34. The summed E-state index contributed by atoms with van der Waals surface area (Å²) < 4.78 is 19.3. The van der Waals surface area contributed by atoms with Gasteiger partial charge in [-0.25, -0.2) is 9.37 Å². The fourth-order valence-corrected chi connectivity index (χ4v) is 2.26. The monoisotopic (exact) mass is 357 g/mol. The van der Waals surface area contributed by atoms with Gasteiger partial charge in [-0.1, -0.05) is 13.8 Å². The van der Waals surface area contributed by atoms with Crippen LogP contribution in [0.1, 0.15) is 31.0 Å². The average molecular weight is 359 g/mol. The lowest BCUT2D eigenvalue weighted by Crippen LogP contribution is -1.98. The molecule has 20 heavy (non-hydrogen) atoms. The summed E-state index contributed by atoms with van der Waals surface area (Å²) in [4.78, 5) is 4.44. The van der Waals surface area contributed by atoms with Gasteiger partial charge in [0.2, 0.25) is 5.88 Å². The Labute approximate surface area is 131 Å². The van der Waals surface area contributed by atoms with Crippen molar-refractivity contribution in [1.29, 1.82) is 0 Å². The third-order valence-corrected chi connectivity index (χ3v) is 3.66. The van der Waals surface area contributed by atoms with Crippen molar-refractivity contribution in [3.8, 4) is 11.6 Å². The molecule has 0 fully saturated rings. The van der Waals surface area contributed by atoms with Crippen LogP contribution in [0.4, 0.5) is 4.39 Å². The smallest absolute Gasteiger partial charge is 0.219 e. The quantitative estimate of drug-likeness (QED) is 0.660. The van der Waals surface area contributed by atoms with Crippen molar-refractivity contribution in [2.75, 3.05) is 0 Å². The molecule has 0 N–H and O–H groups in total. The summed E-state index contributed by atoms with van der Waals surface area (Å²) in [6.45, 7) is 4.11. The third kappa shape index (κ3) is 3.70. The zero-order valence-corrected chi connectivity index (χ0v) is 13.5. The molecule has 1 aromatic carbocycles.